The van der Waals surface area contributed by atoms with Gasteiger partial charge in [-0.15, -0.1) is 0 Å². The van der Waals surface area contributed by atoms with Crippen LogP contribution in [-0.2, 0) is 28.9 Å². The third-order valence-corrected chi connectivity index (χ3v) is 6.27. The van der Waals surface area contributed by atoms with Crippen molar-refractivity contribution in [3.63, 3.8) is 0 Å². The summed E-state index contributed by atoms with van der Waals surface area (Å²) in [7, 11) is -3.34. The molecule has 1 fully saturated rings. The third-order valence-electron chi connectivity index (χ3n) is 4.97. The Bertz CT molecular complexity index is 798. The van der Waals surface area contributed by atoms with E-state index in [-0.39, 0.29) is 5.75 Å². The second-order valence-corrected chi connectivity index (χ2v) is 9.15. The predicted octanol–water partition coefficient (Wildman–Crippen LogP) is 3.54. The Hall–Kier alpha value is -1.69. The van der Waals surface area contributed by atoms with Gasteiger partial charge in [-0.05, 0) is 48.5 Å². The van der Waals surface area contributed by atoms with Crippen LogP contribution >= 0.6 is 0 Å². The number of benzene rings is 2. The van der Waals surface area contributed by atoms with Crippen LogP contribution in [0, 0.1) is 5.92 Å². The lowest BCUT2D eigenvalue weighted by molar-refractivity contribution is 0.185. The van der Waals surface area contributed by atoms with Crippen LogP contribution < -0.4 is 4.72 Å². The van der Waals surface area contributed by atoms with E-state index in [0.717, 1.165) is 36.7 Å². The number of likely N-dealkylation sites (tertiary alicyclic amines) is 1. The van der Waals surface area contributed by atoms with Crippen molar-refractivity contribution in [1.29, 1.82) is 0 Å². The van der Waals surface area contributed by atoms with Crippen molar-refractivity contribution in [2.45, 2.75) is 38.6 Å². The SMILES string of the molecule is CC1CCN(Cc2cccc(CNS(=O)(=O)Cc3ccccc3)c2)CC1. The van der Waals surface area contributed by atoms with E-state index in [9.17, 15) is 8.42 Å². The Morgan fingerprint density at radius 3 is 2.35 bits per heavy atom. The molecule has 2 aromatic rings. The van der Waals surface area contributed by atoms with Crippen LogP contribution in [0.1, 0.15) is 36.5 Å². The van der Waals surface area contributed by atoms with Gasteiger partial charge in [-0.1, -0.05) is 61.5 Å². The molecule has 3 rings (SSSR count). The minimum absolute atomic E-state index is 0.0134. The highest BCUT2D eigenvalue weighted by atomic mass is 32.2. The van der Waals surface area contributed by atoms with Gasteiger partial charge in [0.2, 0.25) is 10.0 Å². The van der Waals surface area contributed by atoms with Crippen molar-refractivity contribution in [2.75, 3.05) is 13.1 Å². The number of nitrogens with zero attached hydrogens (tertiary/aromatic N) is 1. The second kappa shape index (κ2) is 8.80. The monoisotopic (exact) mass is 372 g/mol. The predicted molar refractivity (Wildman–Crippen MR) is 106 cm³/mol. The van der Waals surface area contributed by atoms with Gasteiger partial charge < -0.3 is 0 Å². The molecule has 1 aliphatic heterocycles. The summed E-state index contributed by atoms with van der Waals surface area (Å²) in [5.41, 5.74) is 3.05. The molecule has 4 nitrogen and oxygen atoms in total. The molecule has 1 aliphatic rings. The molecule has 0 saturated carbocycles. The van der Waals surface area contributed by atoms with Gasteiger partial charge in [0.1, 0.15) is 0 Å². The molecule has 0 bridgehead atoms. The van der Waals surface area contributed by atoms with E-state index in [2.05, 4.69) is 28.7 Å². The smallest absolute Gasteiger partial charge is 0.216 e. The lowest BCUT2D eigenvalue weighted by Crippen LogP contribution is -2.32. The summed E-state index contributed by atoms with van der Waals surface area (Å²) >= 11 is 0. The summed E-state index contributed by atoms with van der Waals surface area (Å²) in [6.07, 6.45) is 2.53. The van der Waals surface area contributed by atoms with E-state index in [0.29, 0.717) is 6.54 Å². The summed E-state index contributed by atoms with van der Waals surface area (Å²) in [5.74, 6) is 0.844. The molecule has 0 spiro atoms. The van der Waals surface area contributed by atoms with E-state index in [1.807, 2.05) is 42.5 Å². The van der Waals surface area contributed by atoms with Crippen LogP contribution in [0.15, 0.2) is 54.6 Å². The first-order chi connectivity index (χ1) is 12.5. The molecule has 26 heavy (non-hydrogen) atoms. The fraction of sp³-hybridized carbons (Fsp3) is 0.429. The van der Waals surface area contributed by atoms with E-state index in [1.165, 1.54) is 18.4 Å². The molecular weight excluding hydrogens is 344 g/mol. The number of rotatable bonds is 7. The number of piperidine rings is 1. The van der Waals surface area contributed by atoms with Crippen molar-refractivity contribution in [3.8, 4) is 0 Å². The molecule has 0 amide bonds. The first kappa shape index (κ1) is 19.1. The van der Waals surface area contributed by atoms with Gasteiger partial charge in [-0.25, -0.2) is 13.1 Å². The van der Waals surface area contributed by atoms with Crippen LogP contribution in [0.4, 0.5) is 0 Å². The average Bonchev–Trinajstić information content (AvgIpc) is 2.63. The van der Waals surface area contributed by atoms with Crippen molar-refractivity contribution >= 4 is 10.0 Å². The van der Waals surface area contributed by atoms with Gasteiger partial charge in [0, 0.05) is 13.1 Å². The first-order valence-corrected chi connectivity index (χ1v) is 11.0. The topological polar surface area (TPSA) is 49.4 Å². The Morgan fingerprint density at radius 1 is 0.962 bits per heavy atom. The first-order valence-electron chi connectivity index (χ1n) is 9.31. The molecule has 1 heterocycles. The highest BCUT2D eigenvalue weighted by Crippen LogP contribution is 2.18. The zero-order chi connectivity index (χ0) is 18.4. The number of nitrogens with one attached hydrogen (secondary N) is 1. The minimum Gasteiger partial charge on any atom is -0.299 e. The van der Waals surface area contributed by atoms with Crippen LogP contribution in [0.5, 0.6) is 0 Å². The van der Waals surface area contributed by atoms with Crippen LogP contribution in [-0.4, -0.2) is 26.4 Å². The Balaban J connectivity index is 1.55. The average molecular weight is 373 g/mol. The second-order valence-electron chi connectivity index (χ2n) is 7.34. The Morgan fingerprint density at radius 2 is 1.62 bits per heavy atom. The van der Waals surface area contributed by atoms with Crippen molar-refractivity contribution in [3.05, 3.63) is 71.3 Å². The molecule has 2 aromatic carbocycles. The zero-order valence-corrected chi connectivity index (χ0v) is 16.2. The highest BCUT2D eigenvalue weighted by Gasteiger charge is 2.16. The number of sulfonamides is 1. The number of hydrogen-bond donors (Lipinski definition) is 1. The summed E-state index contributed by atoms with van der Waals surface area (Å²) < 4.78 is 27.3. The maximum Gasteiger partial charge on any atom is 0.216 e. The molecule has 0 aliphatic carbocycles. The minimum atomic E-state index is -3.34. The maximum atomic E-state index is 12.3. The normalized spacial score (nSPS) is 16.7. The van der Waals surface area contributed by atoms with Gasteiger partial charge in [-0.3, -0.25) is 4.90 Å². The van der Waals surface area contributed by atoms with Gasteiger partial charge >= 0.3 is 0 Å². The third kappa shape index (κ3) is 5.94. The van der Waals surface area contributed by atoms with Crippen LogP contribution in [0.3, 0.4) is 0 Å². The fourth-order valence-corrected chi connectivity index (χ4v) is 4.47. The lowest BCUT2D eigenvalue weighted by Gasteiger charge is -2.30. The summed E-state index contributed by atoms with van der Waals surface area (Å²) in [5, 5.41) is 0. The molecule has 5 heteroatoms. The van der Waals surface area contributed by atoms with E-state index >= 15 is 0 Å². The molecule has 0 radical (unpaired) electrons. The standard InChI is InChI=1S/C21H28N2O2S/c1-18-10-12-23(13-11-18)16-21-9-5-8-20(14-21)15-22-26(24,25)17-19-6-3-2-4-7-19/h2-9,14,18,22H,10-13,15-17H2,1H3. The fourth-order valence-electron chi connectivity index (χ4n) is 3.35. The molecule has 140 valence electrons. The van der Waals surface area contributed by atoms with Crippen LogP contribution in [0.25, 0.3) is 0 Å². The molecular formula is C21H28N2O2S. The summed E-state index contributed by atoms with van der Waals surface area (Å²) in [6, 6.07) is 17.5. The van der Waals surface area contributed by atoms with Crippen molar-refractivity contribution < 1.29 is 8.42 Å². The maximum absolute atomic E-state index is 12.3. The molecule has 1 saturated heterocycles. The van der Waals surface area contributed by atoms with E-state index < -0.39 is 10.0 Å². The van der Waals surface area contributed by atoms with E-state index in [4.69, 9.17) is 0 Å². The molecule has 0 unspecified atom stereocenters. The highest BCUT2D eigenvalue weighted by molar-refractivity contribution is 7.88. The molecule has 0 aromatic heterocycles. The summed E-state index contributed by atoms with van der Waals surface area (Å²) in [4.78, 5) is 2.48. The van der Waals surface area contributed by atoms with Crippen molar-refractivity contribution in [2.24, 2.45) is 5.92 Å². The van der Waals surface area contributed by atoms with E-state index in [1.54, 1.807) is 0 Å². The zero-order valence-electron chi connectivity index (χ0n) is 15.4. The Labute approximate surface area is 157 Å². The van der Waals surface area contributed by atoms with Gasteiger partial charge in [0.05, 0.1) is 5.75 Å². The van der Waals surface area contributed by atoms with Gasteiger partial charge in [0.25, 0.3) is 0 Å². The lowest BCUT2D eigenvalue weighted by atomic mass is 9.98. The molecule has 0 atom stereocenters. The largest absolute Gasteiger partial charge is 0.299 e. The summed E-state index contributed by atoms with van der Waals surface area (Å²) in [6.45, 7) is 5.89. The van der Waals surface area contributed by atoms with Gasteiger partial charge in [-0.2, -0.15) is 0 Å². The quantitative estimate of drug-likeness (QED) is 0.809. The van der Waals surface area contributed by atoms with Crippen molar-refractivity contribution in [1.82, 2.24) is 9.62 Å². The van der Waals surface area contributed by atoms with Gasteiger partial charge in [0.15, 0.2) is 0 Å². The van der Waals surface area contributed by atoms with Crippen LogP contribution in [0.2, 0.25) is 0 Å². The molecule has 1 N–H and O–H groups in total. The Kier molecular flexibility index (Phi) is 6.46. The number of hydrogen-bond acceptors (Lipinski definition) is 3.